The predicted molar refractivity (Wildman–Crippen MR) is 395 cm³/mol. The molecule has 30 heteroatoms. The lowest BCUT2D eigenvalue weighted by molar-refractivity contribution is -0.157. The Morgan fingerprint density at radius 2 is 1.15 bits per heavy atom. The van der Waals surface area contributed by atoms with E-state index in [1.54, 1.807) is 127 Å². The molecule has 0 spiro atoms. The summed E-state index contributed by atoms with van der Waals surface area (Å²) in [7, 11) is 0. The Bertz CT molecular complexity index is 3160. The minimum Gasteiger partial charge on any atom is -0.458 e. The van der Waals surface area contributed by atoms with Crippen molar-refractivity contribution < 1.29 is 77.0 Å². The van der Waals surface area contributed by atoms with E-state index in [0.717, 1.165) is 6.42 Å². The number of ether oxygens (including phenoxy) is 1. The molecule has 2 aliphatic rings. The zero-order valence-electron chi connectivity index (χ0n) is 65.2. The van der Waals surface area contributed by atoms with E-state index in [-0.39, 0.29) is 63.2 Å². The molecule has 590 valence electrons. The number of carbonyl (C=O) groups is 14. The van der Waals surface area contributed by atoms with Crippen LogP contribution in [0.2, 0.25) is 0 Å². The molecule has 30 nitrogen and oxygen atoms in total. The van der Waals surface area contributed by atoms with Gasteiger partial charge in [-0.25, -0.2) is 4.79 Å². The van der Waals surface area contributed by atoms with Gasteiger partial charge in [0.2, 0.25) is 70.9 Å². The highest BCUT2D eigenvalue weighted by molar-refractivity contribution is 6.03. The molecule has 0 bridgehead atoms. The minimum atomic E-state index is -1.83. The summed E-state index contributed by atoms with van der Waals surface area (Å²) in [5.41, 5.74) is 6.34. The Labute approximate surface area is 620 Å². The second-order valence-electron chi connectivity index (χ2n) is 30.2. The first-order valence-electron chi connectivity index (χ1n) is 37.5. The average Bonchev–Trinajstić information content (AvgIpc) is 1.79. The highest BCUT2D eigenvalue weighted by atomic mass is 16.5. The summed E-state index contributed by atoms with van der Waals surface area (Å²) in [6, 6.07) is -7.67. The van der Waals surface area contributed by atoms with Gasteiger partial charge in [-0.1, -0.05) is 166 Å². The Hall–Kier alpha value is -8.54. The van der Waals surface area contributed by atoms with E-state index in [0.29, 0.717) is 30.7 Å². The lowest BCUT2D eigenvalue weighted by atomic mass is 9.95. The van der Waals surface area contributed by atoms with Crippen molar-refractivity contribution in [2.24, 2.45) is 53.1 Å². The van der Waals surface area contributed by atoms with E-state index in [1.165, 1.54) is 31.7 Å². The Kier molecular flexibility index (Phi) is 37.8. The number of likely N-dealkylation sites (tertiary alicyclic amines) is 1. The zero-order chi connectivity index (χ0) is 79.4. The molecule has 0 saturated carbocycles. The fourth-order valence-corrected chi connectivity index (χ4v) is 12.1. The molecule has 0 aliphatic carbocycles. The molecule has 0 radical (unpaired) electrons. The second-order valence-corrected chi connectivity index (χ2v) is 30.2. The number of nitrogens with zero attached hydrogens (tertiary/aromatic N) is 1. The van der Waals surface area contributed by atoms with Crippen LogP contribution in [0.3, 0.4) is 0 Å². The molecule has 2 fully saturated rings. The molecule has 0 aromatic heterocycles. The zero-order valence-corrected chi connectivity index (χ0v) is 65.2. The van der Waals surface area contributed by atoms with E-state index < -0.39 is 203 Å². The summed E-state index contributed by atoms with van der Waals surface area (Å²) in [5.74, 6) is -15.1. The number of hydrogen-bond donors (Lipinski definition) is 14. The van der Waals surface area contributed by atoms with Crippen LogP contribution >= 0.6 is 0 Å². The third-order valence-corrected chi connectivity index (χ3v) is 19.3. The Morgan fingerprint density at radius 3 is 1.69 bits per heavy atom. The first-order chi connectivity index (χ1) is 49.2. The van der Waals surface area contributed by atoms with Gasteiger partial charge in [0.05, 0.1) is 6.10 Å². The Morgan fingerprint density at radius 1 is 0.610 bits per heavy atom. The number of nitrogens with one attached hydrogen (secondary N) is 12. The minimum absolute atomic E-state index is 0.0355. The molecule has 13 amide bonds. The number of hydrogen-bond acceptors (Lipinski definition) is 17. The van der Waals surface area contributed by atoms with Gasteiger partial charge in [0.25, 0.3) is 5.91 Å². The average molecular weight is 1480 g/mol. The molecule has 11 unspecified atom stereocenters. The molecular weight excluding hydrogens is 1350 g/mol. The lowest BCUT2D eigenvalue weighted by Crippen LogP contribution is -2.64. The highest BCUT2D eigenvalue weighted by Crippen LogP contribution is 2.23. The summed E-state index contributed by atoms with van der Waals surface area (Å²) in [6.07, 6.45) is 1.02. The van der Waals surface area contributed by atoms with Gasteiger partial charge in [0.1, 0.15) is 84.3 Å². The smallest absolute Gasteiger partial charge is 0.329 e. The van der Waals surface area contributed by atoms with Gasteiger partial charge in [-0.2, -0.15) is 0 Å². The quantitative estimate of drug-likeness (QED) is 0.0353. The summed E-state index contributed by atoms with van der Waals surface area (Å²) in [5, 5.41) is 43.2. The van der Waals surface area contributed by atoms with Crippen LogP contribution in [0.15, 0.2) is 42.1 Å². The van der Waals surface area contributed by atoms with Crippen molar-refractivity contribution in [3.63, 3.8) is 0 Å². The van der Waals surface area contributed by atoms with Crippen molar-refractivity contribution in [1.29, 1.82) is 0 Å². The number of esters is 1. The molecule has 105 heavy (non-hydrogen) atoms. The third-order valence-electron chi connectivity index (χ3n) is 19.3. The van der Waals surface area contributed by atoms with Crippen LogP contribution in [0.1, 0.15) is 195 Å². The van der Waals surface area contributed by atoms with Crippen molar-refractivity contribution in [2.45, 2.75) is 280 Å². The standard InChI is InChI=1S/C75H124N14O16/c1-20-44(16)59(71(100)88-62-47(19)105-75(104)58(43(14)15)84-63(92)49(22-3)77-65(94)51(37-48-30-24-23-25-31-48)79-67(96)55(40(8)9)81-70(99)60(45(17)21-2)86-73(62)102)85-64(93)50(32-27-35-76)78-66(95)52-33-28-36-89(52)74(103)57(42(12)13)83-69(98)56(41(10)11)82-72(101)61(46(18)90)87-68(97)54(39(6)7)80-53(91)34-26-29-38(4)5/h22-25,30-31,38-47,50-52,54-62,90H,20-21,26-29,32-37,76H2,1-19H3,(H,77,94)(H,78,95)(H,79,96)(H,80,91)(H,81,99)(H,82,101)(H,83,98)(H,84,92)(H,85,93)(H,86,102)(H,87,97)(H,88,100)/b49-22-/t44?,45?,46?,47?,50-,51-,52-,54?,55?,56?,57?,58?,59+,60+,61?,62?/m0/s1. The summed E-state index contributed by atoms with van der Waals surface area (Å²) in [4.78, 5) is 202. The molecule has 1 aromatic rings. The number of rotatable bonds is 33. The van der Waals surface area contributed by atoms with Gasteiger partial charge in [0, 0.05) is 19.4 Å². The maximum Gasteiger partial charge on any atom is 0.329 e. The van der Waals surface area contributed by atoms with Gasteiger partial charge >= 0.3 is 5.97 Å². The predicted octanol–water partition coefficient (Wildman–Crippen LogP) is 1.84. The monoisotopic (exact) mass is 1480 g/mol. The first kappa shape index (κ1) is 90.7. The van der Waals surface area contributed by atoms with Crippen LogP contribution in [-0.2, 0) is 78.3 Å². The number of aliphatic hydroxyl groups excluding tert-OH is 1. The largest absolute Gasteiger partial charge is 0.458 e. The van der Waals surface area contributed by atoms with Crippen molar-refractivity contribution in [3.8, 4) is 0 Å². The molecule has 2 heterocycles. The number of aliphatic hydroxyl groups is 1. The fourth-order valence-electron chi connectivity index (χ4n) is 12.1. The van der Waals surface area contributed by atoms with Crippen molar-refractivity contribution in [3.05, 3.63) is 47.7 Å². The van der Waals surface area contributed by atoms with E-state index in [2.05, 4.69) is 63.8 Å². The molecule has 2 saturated heterocycles. The van der Waals surface area contributed by atoms with E-state index in [9.17, 15) is 62.6 Å². The third kappa shape index (κ3) is 27.7. The highest BCUT2D eigenvalue weighted by Gasteiger charge is 2.44. The van der Waals surface area contributed by atoms with Crippen LogP contribution in [0.4, 0.5) is 0 Å². The fraction of sp³-hybridized carbons (Fsp3) is 0.707. The molecular formula is C75H124N14O16. The normalized spacial score (nSPS) is 22.6. The van der Waals surface area contributed by atoms with Crippen LogP contribution in [-0.4, -0.2) is 191 Å². The van der Waals surface area contributed by atoms with Gasteiger partial charge in [-0.3, -0.25) is 62.3 Å². The van der Waals surface area contributed by atoms with E-state index in [1.807, 2.05) is 13.8 Å². The first-order valence-corrected chi connectivity index (χ1v) is 37.5. The number of benzene rings is 1. The molecule has 3 rings (SSSR count). The summed E-state index contributed by atoms with van der Waals surface area (Å²) >= 11 is 0. The van der Waals surface area contributed by atoms with Crippen molar-refractivity contribution in [1.82, 2.24) is 68.7 Å². The Balaban J connectivity index is 2.00. The topological polar surface area (TPSA) is 442 Å². The van der Waals surface area contributed by atoms with E-state index >= 15 is 9.59 Å². The van der Waals surface area contributed by atoms with Gasteiger partial charge in [0.15, 0.2) is 0 Å². The summed E-state index contributed by atoms with van der Waals surface area (Å²) < 4.78 is 5.96. The molecule has 2 aliphatic heterocycles. The lowest BCUT2D eigenvalue weighted by Gasteiger charge is -2.33. The maximum atomic E-state index is 15.0. The van der Waals surface area contributed by atoms with Crippen molar-refractivity contribution in [2.75, 3.05) is 13.1 Å². The van der Waals surface area contributed by atoms with Crippen LogP contribution < -0.4 is 69.5 Å². The molecule has 16 atom stereocenters. The number of allylic oxidation sites excluding steroid dienone is 1. The van der Waals surface area contributed by atoms with Crippen LogP contribution in [0.5, 0.6) is 0 Å². The summed E-state index contributed by atoms with van der Waals surface area (Å²) in [6.45, 7) is 31.8. The van der Waals surface area contributed by atoms with Gasteiger partial charge < -0.3 is 84.3 Å². The maximum absolute atomic E-state index is 15.0. The number of nitrogens with two attached hydrogens (primary N) is 1. The van der Waals surface area contributed by atoms with Gasteiger partial charge in [-0.15, -0.1) is 0 Å². The van der Waals surface area contributed by atoms with Crippen LogP contribution in [0.25, 0.3) is 0 Å². The molecule has 1 aromatic carbocycles. The molecule has 15 N–H and O–H groups in total. The van der Waals surface area contributed by atoms with Crippen LogP contribution in [0, 0.1) is 47.3 Å². The number of amides is 13. The SMILES string of the molecule is C/C=C1\NC(=O)[C@H](Cc2ccccc2)NC(=O)C(C(C)C)NC(=O)[C@@H](C(C)CC)NC(=O)C(NC(=O)[C@H](NC(=O)[C@H](CCCN)NC(=O)[C@@H]2CCCN2C(=O)C(NC(=O)C(NC(=O)C(NC(=O)C(NC(=O)CCCC(C)C)C(C)C)C(C)O)C(C)C)C(C)C)C(C)CC)C(C)OC(=O)C(C(C)C)NC1=O. The van der Waals surface area contributed by atoms with Gasteiger partial charge in [-0.05, 0) is 112 Å². The van der Waals surface area contributed by atoms with E-state index in [4.69, 9.17) is 10.5 Å². The second kappa shape index (κ2) is 43.8. The number of cyclic esters (lactones) is 1. The number of carbonyl (C=O) groups excluding carboxylic acids is 14. The van der Waals surface area contributed by atoms with Crippen molar-refractivity contribution >= 4 is 82.8 Å².